The Morgan fingerprint density at radius 3 is 2.86 bits per heavy atom. The first-order valence-corrected chi connectivity index (χ1v) is 9.27. The van der Waals surface area contributed by atoms with Crippen LogP contribution in [-0.4, -0.2) is 46.9 Å². The van der Waals surface area contributed by atoms with E-state index in [1.165, 1.54) is 12.0 Å². The number of hydrogen-bond donors (Lipinski definition) is 1. The van der Waals surface area contributed by atoms with Crippen molar-refractivity contribution in [1.29, 1.82) is 0 Å². The number of nitrogens with zero attached hydrogens (tertiary/aromatic N) is 2. The van der Waals surface area contributed by atoms with Crippen molar-refractivity contribution in [3.05, 3.63) is 76.5 Å². The minimum atomic E-state index is -0.844. The molecule has 1 aliphatic heterocycles. The number of pyridine rings is 1. The zero-order valence-electron chi connectivity index (χ0n) is 15.5. The number of Topliss-reactive ketones (excluding diaryl/α,β-unsaturated/α-hetero) is 1. The van der Waals surface area contributed by atoms with Crippen LogP contribution in [0.2, 0.25) is 5.02 Å². The molecule has 0 radical (unpaired) electrons. The number of carbonyl (C=O) groups excluding carboxylic acids is 2. The van der Waals surface area contributed by atoms with Gasteiger partial charge in [0.25, 0.3) is 5.91 Å². The van der Waals surface area contributed by atoms with E-state index in [0.29, 0.717) is 21.7 Å². The monoisotopic (exact) mass is 412 g/mol. The molecule has 0 aliphatic carbocycles. The molecule has 3 aromatic rings. The molecule has 1 N–H and O–H groups in total. The highest BCUT2D eigenvalue weighted by molar-refractivity contribution is 6.31. The third-order valence-corrected chi connectivity index (χ3v) is 4.99. The number of rotatable bonds is 6. The Hall–Kier alpha value is -3.16. The van der Waals surface area contributed by atoms with Crippen LogP contribution in [0.1, 0.15) is 22.3 Å². The molecule has 0 spiro atoms. The molecule has 1 aliphatic rings. The van der Waals surface area contributed by atoms with Crippen LogP contribution in [0.15, 0.2) is 64.4 Å². The molecule has 0 saturated carbocycles. The van der Waals surface area contributed by atoms with Crippen molar-refractivity contribution in [3.8, 4) is 0 Å². The lowest BCUT2D eigenvalue weighted by molar-refractivity contribution is -0.130. The molecule has 0 saturated heterocycles. The van der Waals surface area contributed by atoms with E-state index >= 15 is 0 Å². The SMILES string of the molecule is COCCN1C(=O)C(O)=C(C(=O)c2cc3cc(Cl)ccc3o2)C1c1ccccn1. The zero-order valence-corrected chi connectivity index (χ0v) is 16.2. The molecule has 1 amide bonds. The van der Waals surface area contributed by atoms with Crippen LogP contribution in [0.4, 0.5) is 0 Å². The molecular formula is C21H17ClN2O5. The van der Waals surface area contributed by atoms with E-state index in [1.807, 2.05) is 0 Å². The summed E-state index contributed by atoms with van der Waals surface area (Å²) in [5, 5.41) is 11.7. The summed E-state index contributed by atoms with van der Waals surface area (Å²) in [5.41, 5.74) is 0.867. The number of amides is 1. The van der Waals surface area contributed by atoms with Gasteiger partial charge in [-0.25, -0.2) is 0 Å². The maximum atomic E-state index is 13.3. The third kappa shape index (κ3) is 3.39. The fraction of sp³-hybridized carbons (Fsp3) is 0.190. The van der Waals surface area contributed by atoms with Crippen LogP contribution in [0.5, 0.6) is 0 Å². The average Bonchev–Trinajstić information content (AvgIpc) is 3.25. The maximum absolute atomic E-state index is 13.3. The van der Waals surface area contributed by atoms with Crippen molar-refractivity contribution < 1.29 is 23.8 Å². The molecule has 0 fully saturated rings. The summed E-state index contributed by atoms with van der Waals surface area (Å²) in [6, 6.07) is 10.9. The van der Waals surface area contributed by atoms with Gasteiger partial charge in [0.1, 0.15) is 11.6 Å². The van der Waals surface area contributed by atoms with Crippen LogP contribution in [-0.2, 0) is 9.53 Å². The van der Waals surface area contributed by atoms with Crippen LogP contribution in [0.25, 0.3) is 11.0 Å². The molecule has 8 heteroatoms. The average molecular weight is 413 g/mol. The van der Waals surface area contributed by atoms with Crippen LogP contribution >= 0.6 is 11.6 Å². The smallest absolute Gasteiger partial charge is 0.290 e. The Bertz CT molecular complexity index is 1120. The van der Waals surface area contributed by atoms with Gasteiger partial charge in [-0.2, -0.15) is 0 Å². The number of ketones is 1. The Labute approximate surface area is 171 Å². The van der Waals surface area contributed by atoms with Gasteiger partial charge >= 0.3 is 0 Å². The Balaban J connectivity index is 1.79. The standard InChI is InChI=1S/C21H17ClN2O5/c1-28-9-8-24-18(14-4-2-3-7-23-14)17(20(26)21(24)27)19(25)16-11-12-10-13(22)5-6-15(12)29-16/h2-7,10-11,18,26H,8-9H2,1H3. The summed E-state index contributed by atoms with van der Waals surface area (Å²) >= 11 is 6.00. The molecular weight excluding hydrogens is 396 g/mol. The molecule has 1 aromatic carbocycles. The number of methoxy groups -OCH3 is 1. The lowest BCUT2D eigenvalue weighted by Gasteiger charge is -2.25. The minimum Gasteiger partial charge on any atom is -0.503 e. The maximum Gasteiger partial charge on any atom is 0.290 e. The van der Waals surface area contributed by atoms with Crippen LogP contribution in [0.3, 0.4) is 0 Å². The molecule has 2 aromatic heterocycles. The summed E-state index contributed by atoms with van der Waals surface area (Å²) in [4.78, 5) is 31.6. The van der Waals surface area contributed by atoms with Crippen molar-refractivity contribution >= 4 is 34.3 Å². The quantitative estimate of drug-likeness (QED) is 0.620. The lowest BCUT2D eigenvalue weighted by atomic mass is 9.98. The molecule has 4 rings (SSSR count). The number of carbonyl (C=O) groups is 2. The molecule has 29 heavy (non-hydrogen) atoms. The van der Waals surface area contributed by atoms with Gasteiger partial charge < -0.3 is 19.2 Å². The molecule has 1 unspecified atom stereocenters. The summed E-state index contributed by atoms with van der Waals surface area (Å²) in [7, 11) is 1.51. The number of benzene rings is 1. The van der Waals surface area contributed by atoms with Gasteiger partial charge in [0.05, 0.1) is 17.9 Å². The fourth-order valence-electron chi connectivity index (χ4n) is 3.41. The highest BCUT2D eigenvalue weighted by Crippen LogP contribution is 2.38. The van der Waals surface area contributed by atoms with E-state index in [1.54, 1.807) is 48.7 Å². The number of aromatic nitrogens is 1. The number of ether oxygens (including phenoxy) is 1. The van der Waals surface area contributed by atoms with E-state index in [0.717, 1.165) is 0 Å². The molecule has 0 bridgehead atoms. The summed E-state index contributed by atoms with van der Waals surface area (Å²) < 4.78 is 10.7. The van der Waals surface area contributed by atoms with Crippen molar-refractivity contribution in [2.24, 2.45) is 0 Å². The largest absolute Gasteiger partial charge is 0.503 e. The summed E-state index contributed by atoms with van der Waals surface area (Å²) in [6.07, 6.45) is 1.56. The van der Waals surface area contributed by atoms with Crippen molar-refractivity contribution in [1.82, 2.24) is 9.88 Å². The number of aliphatic hydroxyl groups is 1. The fourth-order valence-corrected chi connectivity index (χ4v) is 3.59. The second kappa shape index (κ2) is 7.69. The molecule has 1 atom stereocenters. The normalized spacial score (nSPS) is 16.8. The number of aliphatic hydroxyl groups excluding tert-OH is 1. The summed E-state index contributed by atoms with van der Waals surface area (Å²) in [6.45, 7) is 0.431. The number of halogens is 1. The second-order valence-electron chi connectivity index (χ2n) is 6.53. The molecule has 7 nitrogen and oxygen atoms in total. The van der Waals surface area contributed by atoms with Gasteiger partial charge in [-0.3, -0.25) is 14.6 Å². The van der Waals surface area contributed by atoms with Crippen molar-refractivity contribution in [2.75, 3.05) is 20.3 Å². The highest BCUT2D eigenvalue weighted by atomic mass is 35.5. The van der Waals surface area contributed by atoms with E-state index in [9.17, 15) is 14.7 Å². The molecule has 148 valence electrons. The van der Waals surface area contributed by atoms with Crippen molar-refractivity contribution in [2.45, 2.75) is 6.04 Å². The third-order valence-electron chi connectivity index (χ3n) is 4.75. The zero-order chi connectivity index (χ0) is 20.5. The topological polar surface area (TPSA) is 92.9 Å². The predicted octanol–water partition coefficient (Wildman–Crippen LogP) is 3.71. The van der Waals surface area contributed by atoms with Gasteiger partial charge in [-0.15, -0.1) is 0 Å². The highest BCUT2D eigenvalue weighted by Gasteiger charge is 2.45. The van der Waals surface area contributed by atoms with E-state index < -0.39 is 23.5 Å². The Kier molecular flexibility index (Phi) is 5.08. The Morgan fingerprint density at radius 1 is 1.31 bits per heavy atom. The first kappa shape index (κ1) is 19.2. The van der Waals surface area contributed by atoms with Gasteiger partial charge in [0.2, 0.25) is 5.78 Å². The predicted molar refractivity (Wildman–Crippen MR) is 106 cm³/mol. The lowest BCUT2D eigenvalue weighted by Crippen LogP contribution is -2.34. The van der Waals surface area contributed by atoms with Crippen LogP contribution < -0.4 is 0 Å². The van der Waals surface area contributed by atoms with Crippen LogP contribution in [0, 0.1) is 0 Å². The van der Waals surface area contributed by atoms with E-state index in [2.05, 4.69) is 4.98 Å². The number of hydrogen-bond acceptors (Lipinski definition) is 6. The first-order chi connectivity index (χ1) is 14.0. The van der Waals surface area contributed by atoms with Gasteiger partial charge in [0.15, 0.2) is 11.5 Å². The first-order valence-electron chi connectivity index (χ1n) is 8.89. The van der Waals surface area contributed by atoms with Gasteiger partial charge in [-0.05, 0) is 36.4 Å². The summed E-state index contributed by atoms with van der Waals surface area (Å²) in [5.74, 6) is -1.84. The number of furan rings is 1. The van der Waals surface area contributed by atoms with E-state index in [-0.39, 0.29) is 24.5 Å². The van der Waals surface area contributed by atoms with Gasteiger partial charge in [-0.1, -0.05) is 17.7 Å². The number of fused-ring (bicyclic) bond motifs is 1. The van der Waals surface area contributed by atoms with Crippen molar-refractivity contribution in [3.63, 3.8) is 0 Å². The molecule has 3 heterocycles. The van der Waals surface area contributed by atoms with Gasteiger partial charge in [0, 0.05) is 30.3 Å². The van der Waals surface area contributed by atoms with E-state index in [4.69, 9.17) is 20.8 Å². The second-order valence-corrected chi connectivity index (χ2v) is 6.97. The Morgan fingerprint density at radius 2 is 2.14 bits per heavy atom. The minimum absolute atomic E-state index is 0.00568.